The van der Waals surface area contributed by atoms with Gasteiger partial charge in [0.25, 0.3) is 0 Å². The zero-order valence-electron chi connectivity index (χ0n) is 10.8. The fourth-order valence-electron chi connectivity index (χ4n) is 2.19. The molecule has 0 radical (unpaired) electrons. The molecule has 0 atom stereocenters. The minimum Gasteiger partial charge on any atom is -0.409 e. The number of aryl methyl sites for hydroxylation is 1. The molecule has 1 aliphatic carbocycles. The van der Waals surface area contributed by atoms with E-state index in [2.05, 4.69) is 41.7 Å². The molecule has 1 saturated carbocycles. The number of rotatable bonds is 6. The average molecular weight is 247 g/mol. The topological polar surface area (TPSA) is 70.6 Å². The fourth-order valence-corrected chi connectivity index (χ4v) is 2.19. The minimum atomic E-state index is 0.223. The summed E-state index contributed by atoms with van der Waals surface area (Å²) in [6.45, 7) is 3.89. The Morgan fingerprint density at radius 1 is 1.39 bits per heavy atom. The maximum absolute atomic E-state index is 8.60. The molecule has 0 saturated heterocycles. The van der Waals surface area contributed by atoms with Crippen molar-refractivity contribution >= 4 is 5.84 Å². The van der Waals surface area contributed by atoms with Crippen molar-refractivity contribution in [2.45, 2.75) is 32.7 Å². The summed E-state index contributed by atoms with van der Waals surface area (Å²) in [5.74, 6) is 0.338. The quantitative estimate of drug-likeness (QED) is 0.312. The van der Waals surface area contributed by atoms with Crippen molar-refractivity contribution in [3.05, 3.63) is 35.4 Å². The summed E-state index contributed by atoms with van der Waals surface area (Å²) >= 11 is 0. The van der Waals surface area contributed by atoms with Crippen LogP contribution in [0.4, 0.5) is 0 Å². The molecular weight excluding hydrogens is 226 g/mol. The second-order valence-electron chi connectivity index (χ2n) is 5.36. The molecular formula is C14H21N3O. The van der Waals surface area contributed by atoms with Gasteiger partial charge in [-0.25, -0.2) is 0 Å². The third-order valence-corrected chi connectivity index (χ3v) is 3.59. The molecule has 1 aliphatic rings. The molecule has 4 nitrogen and oxygen atoms in total. The first kappa shape index (κ1) is 12.9. The maximum Gasteiger partial charge on any atom is 0.139 e. The van der Waals surface area contributed by atoms with Crippen molar-refractivity contribution in [1.29, 1.82) is 0 Å². The Bertz CT molecular complexity index is 421. The predicted octanol–water partition coefficient (Wildman–Crippen LogP) is 2.00. The van der Waals surface area contributed by atoms with Gasteiger partial charge in [-0.15, -0.1) is 0 Å². The molecule has 1 fully saturated rings. The average Bonchev–Trinajstić information content (AvgIpc) is 3.11. The normalized spacial score (nSPS) is 17.7. The van der Waals surface area contributed by atoms with Gasteiger partial charge in [0.2, 0.25) is 0 Å². The standard InChI is InChI=1S/C14H21N3O/c1-11-2-4-12(5-3-11)9-16-10-14(6-7-14)8-13(15)17-18/h2-5,16,18H,6-10H2,1H3,(H2,15,17). The molecule has 1 aromatic rings. The van der Waals surface area contributed by atoms with E-state index in [0.717, 1.165) is 25.9 Å². The molecule has 0 aromatic heterocycles. The highest BCUT2D eigenvalue weighted by Crippen LogP contribution is 2.48. The lowest BCUT2D eigenvalue weighted by molar-refractivity contribution is 0.314. The summed E-state index contributed by atoms with van der Waals surface area (Å²) in [5, 5.41) is 15.1. The lowest BCUT2D eigenvalue weighted by Crippen LogP contribution is -2.28. The van der Waals surface area contributed by atoms with E-state index in [9.17, 15) is 0 Å². The Labute approximate surface area is 108 Å². The van der Waals surface area contributed by atoms with E-state index in [4.69, 9.17) is 10.9 Å². The molecule has 4 heteroatoms. The highest BCUT2D eigenvalue weighted by atomic mass is 16.4. The third kappa shape index (κ3) is 3.47. The van der Waals surface area contributed by atoms with Crippen LogP contribution in [-0.4, -0.2) is 17.6 Å². The Kier molecular flexibility index (Phi) is 3.87. The van der Waals surface area contributed by atoms with Crippen molar-refractivity contribution in [2.24, 2.45) is 16.3 Å². The van der Waals surface area contributed by atoms with Gasteiger partial charge in [0.05, 0.1) is 0 Å². The summed E-state index contributed by atoms with van der Waals surface area (Å²) in [7, 11) is 0. The molecule has 2 rings (SSSR count). The van der Waals surface area contributed by atoms with Gasteiger partial charge in [-0.1, -0.05) is 35.0 Å². The molecule has 98 valence electrons. The first-order chi connectivity index (χ1) is 8.63. The second kappa shape index (κ2) is 5.40. The smallest absolute Gasteiger partial charge is 0.139 e. The van der Waals surface area contributed by atoms with Crippen LogP contribution in [0.25, 0.3) is 0 Å². The first-order valence-corrected chi connectivity index (χ1v) is 6.36. The van der Waals surface area contributed by atoms with E-state index in [0.29, 0.717) is 12.3 Å². The molecule has 0 unspecified atom stereocenters. The van der Waals surface area contributed by atoms with E-state index in [-0.39, 0.29) is 5.41 Å². The molecule has 4 N–H and O–H groups in total. The summed E-state index contributed by atoms with van der Waals surface area (Å²) in [6.07, 6.45) is 3.00. The predicted molar refractivity (Wildman–Crippen MR) is 72.6 cm³/mol. The van der Waals surface area contributed by atoms with E-state index in [1.807, 2.05) is 0 Å². The van der Waals surface area contributed by atoms with E-state index >= 15 is 0 Å². The van der Waals surface area contributed by atoms with Crippen LogP contribution in [0.5, 0.6) is 0 Å². The fraction of sp³-hybridized carbons (Fsp3) is 0.500. The summed E-state index contributed by atoms with van der Waals surface area (Å²) in [4.78, 5) is 0. The van der Waals surface area contributed by atoms with Crippen LogP contribution in [0.15, 0.2) is 29.4 Å². The zero-order valence-corrected chi connectivity index (χ0v) is 10.8. The summed E-state index contributed by atoms with van der Waals surface area (Å²) in [6, 6.07) is 8.54. The van der Waals surface area contributed by atoms with Crippen LogP contribution in [-0.2, 0) is 6.54 Å². The van der Waals surface area contributed by atoms with Gasteiger partial charge in [-0.2, -0.15) is 0 Å². The van der Waals surface area contributed by atoms with Crippen molar-refractivity contribution in [2.75, 3.05) is 6.54 Å². The highest BCUT2D eigenvalue weighted by Gasteiger charge is 2.42. The van der Waals surface area contributed by atoms with Crippen molar-refractivity contribution in [3.63, 3.8) is 0 Å². The summed E-state index contributed by atoms with van der Waals surface area (Å²) in [5.41, 5.74) is 8.37. The Morgan fingerprint density at radius 2 is 2.06 bits per heavy atom. The number of nitrogens with one attached hydrogen (secondary N) is 1. The third-order valence-electron chi connectivity index (χ3n) is 3.59. The molecule has 0 amide bonds. The Morgan fingerprint density at radius 3 is 2.61 bits per heavy atom. The first-order valence-electron chi connectivity index (χ1n) is 6.36. The van der Waals surface area contributed by atoms with Gasteiger partial charge in [0.1, 0.15) is 5.84 Å². The van der Waals surface area contributed by atoms with Crippen LogP contribution >= 0.6 is 0 Å². The van der Waals surface area contributed by atoms with E-state index in [1.54, 1.807) is 0 Å². The largest absolute Gasteiger partial charge is 0.409 e. The van der Waals surface area contributed by atoms with Gasteiger partial charge in [0.15, 0.2) is 0 Å². The Balaban J connectivity index is 1.77. The number of hydrogen-bond acceptors (Lipinski definition) is 3. The van der Waals surface area contributed by atoms with Crippen LogP contribution in [0, 0.1) is 12.3 Å². The van der Waals surface area contributed by atoms with Crippen LogP contribution in [0.3, 0.4) is 0 Å². The maximum atomic E-state index is 8.60. The number of benzene rings is 1. The van der Waals surface area contributed by atoms with Gasteiger partial charge in [0, 0.05) is 19.5 Å². The summed E-state index contributed by atoms with van der Waals surface area (Å²) < 4.78 is 0. The van der Waals surface area contributed by atoms with Crippen molar-refractivity contribution in [3.8, 4) is 0 Å². The number of oxime groups is 1. The second-order valence-corrected chi connectivity index (χ2v) is 5.36. The van der Waals surface area contributed by atoms with Crippen LogP contribution < -0.4 is 11.1 Å². The Hall–Kier alpha value is -1.55. The molecule has 0 spiro atoms. The lowest BCUT2D eigenvalue weighted by atomic mass is 10.0. The van der Waals surface area contributed by atoms with Crippen LogP contribution in [0.2, 0.25) is 0 Å². The number of nitrogens with zero attached hydrogens (tertiary/aromatic N) is 1. The van der Waals surface area contributed by atoms with Crippen molar-refractivity contribution in [1.82, 2.24) is 5.32 Å². The molecule has 0 heterocycles. The molecule has 18 heavy (non-hydrogen) atoms. The molecule has 1 aromatic carbocycles. The van der Waals surface area contributed by atoms with E-state index < -0.39 is 0 Å². The molecule has 0 aliphatic heterocycles. The van der Waals surface area contributed by atoms with E-state index in [1.165, 1.54) is 11.1 Å². The lowest BCUT2D eigenvalue weighted by Gasteiger charge is -2.15. The zero-order chi connectivity index (χ0) is 13.0. The van der Waals surface area contributed by atoms with Gasteiger partial charge >= 0.3 is 0 Å². The number of nitrogens with two attached hydrogens (primary N) is 1. The van der Waals surface area contributed by atoms with Gasteiger partial charge < -0.3 is 16.3 Å². The minimum absolute atomic E-state index is 0.223. The highest BCUT2D eigenvalue weighted by molar-refractivity contribution is 5.80. The van der Waals surface area contributed by atoms with Crippen molar-refractivity contribution < 1.29 is 5.21 Å². The van der Waals surface area contributed by atoms with Gasteiger partial charge in [-0.3, -0.25) is 0 Å². The number of hydrogen-bond donors (Lipinski definition) is 3. The SMILES string of the molecule is Cc1ccc(CNCC2(CC(N)=NO)CC2)cc1. The monoisotopic (exact) mass is 247 g/mol. The number of amidine groups is 1. The van der Waals surface area contributed by atoms with Gasteiger partial charge in [-0.05, 0) is 30.7 Å². The molecule has 0 bridgehead atoms. The van der Waals surface area contributed by atoms with Crippen LogP contribution in [0.1, 0.15) is 30.4 Å².